The van der Waals surface area contributed by atoms with Gasteiger partial charge >= 0.3 is 0 Å². The summed E-state index contributed by atoms with van der Waals surface area (Å²) in [6.07, 6.45) is 2.73. The predicted molar refractivity (Wildman–Crippen MR) is 78.1 cm³/mol. The number of amides is 1. The molecular weight excluding hydrogens is 252 g/mol. The van der Waals surface area contributed by atoms with Crippen LogP contribution in [0.4, 0.5) is 0 Å². The molecule has 0 spiro atoms. The van der Waals surface area contributed by atoms with Gasteiger partial charge in [-0.3, -0.25) is 4.79 Å². The van der Waals surface area contributed by atoms with E-state index in [2.05, 4.69) is 34.1 Å². The molecule has 5 heteroatoms. The van der Waals surface area contributed by atoms with Crippen LogP contribution in [-0.4, -0.2) is 49.0 Å². The number of pyridine rings is 1. The Bertz CT molecular complexity index is 515. The zero-order valence-corrected chi connectivity index (χ0v) is 11.7. The van der Waals surface area contributed by atoms with Crippen LogP contribution in [-0.2, 0) is 0 Å². The molecule has 3 N–H and O–H groups in total. The maximum atomic E-state index is 12.0. The van der Waals surface area contributed by atoms with Gasteiger partial charge < -0.3 is 16.0 Å². The number of rotatable bonds is 3. The first-order valence-corrected chi connectivity index (χ1v) is 6.81. The summed E-state index contributed by atoms with van der Waals surface area (Å²) in [6, 6.07) is 3.48. The van der Waals surface area contributed by atoms with Crippen LogP contribution < -0.4 is 11.1 Å². The zero-order chi connectivity index (χ0) is 14.4. The smallest absolute Gasteiger partial charge is 0.269 e. The van der Waals surface area contributed by atoms with E-state index in [1.807, 2.05) is 0 Å². The van der Waals surface area contributed by atoms with Gasteiger partial charge in [-0.25, -0.2) is 4.98 Å². The topological polar surface area (TPSA) is 71.2 Å². The first-order valence-electron chi connectivity index (χ1n) is 6.81. The number of hydrogen-bond donors (Lipinski definition) is 2. The quantitative estimate of drug-likeness (QED) is 0.764. The molecule has 1 atom stereocenters. The molecule has 20 heavy (non-hydrogen) atoms. The van der Waals surface area contributed by atoms with Crippen molar-refractivity contribution in [2.75, 3.05) is 33.2 Å². The van der Waals surface area contributed by atoms with Crippen molar-refractivity contribution in [2.45, 2.75) is 6.42 Å². The van der Waals surface area contributed by atoms with Crippen molar-refractivity contribution in [2.24, 2.45) is 11.7 Å². The number of hydrogen-bond acceptors (Lipinski definition) is 4. The molecule has 1 aliphatic heterocycles. The molecule has 106 valence electrons. The minimum Gasteiger partial charge on any atom is -0.350 e. The normalized spacial score (nSPS) is 18.4. The first-order chi connectivity index (χ1) is 9.69. The van der Waals surface area contributed by atoms with Crippen LogP contribution in [0.25, 0.3) is 0 Å². The zero-order valence-electron chi connectivity index (χ0n) is 11.7. The van der Waals surface area contributed by atoms with Crippen LogP contribution in [0, 0.1) is 17.8 Å². The fraction of sp³-hybridized carbons (Fsp3) is 0.467. The van der Waals surface area contributed by atoms with Gasteiger partial charge in [-0.2, -0.15) is 0 Å². The second kappa shape index (κ2) is 7.04. The molecule has 0 bridgehead atoms. The number of carbonyl (C=O) groups excluding carboxylic acids is 1. The lowest BCUT2D eigenvalue weighted by Crippen LogP contribution is -2.31. The average Bonchev–Trinajstić information content (AvgIpc) is 2.89. The predicted octanol–water partition coefficient (Wildman–Crippen LogP) is 0.0733. The Labute approximate surface area is 119 Å². The Morgan fingerprint density at radius 2 is 2.45 bits per heavy atom. The van der Waals surface area contributed by atoms with E-state index in [9.17, 15) is 4.79 Å². The summed E-state index contributed by atoms with van der Waals surface area (Å²) in [5.41, 5.74) is 6.50. The van der Waals surface area contributed by atoms with Crippen LogP contribution in [0.2, 0.25) is 0 Å². The summed E-state index contributed by atoms with van der Waals surface area (Å²) in [7, 11) is 2.10. The van der Waals surface area contributed by atoms with Gasteiger partial charge in [0.1, 0.15) is 5.69 Å². The van der Waals surface area contributed by atoms with Crippen LogP contribution in [0.15, 0.2) is 18.3 Å². The van der Waals surface area contributed by atoms with Gasteiger partial charge in [-0.05, 0) is 38.1 Å². The van der Waals surface area contributed by atoms with Crippen molar-refractivity contribution in [1.29, 1.82) is 0 Å². The lowest BCUT2D eigenvalue weighted by molar-refractivity contribution is 0.0942. The van der Waals surface area contributed by atoms with Crippen LogP contribution >= 0.6 is 0 Å². The second-order valence-corrected chi connectivity index (χ2v) is 5.06. The molecule has 5 nitrogen and oxygen atoms in total. The maximum Gasteiger partial charge on any atom is 0.269 e. The van der Waals surface area contributed by atoms with Gasteiger partial charge in [-0.1, -0.05) is 11.8 Å². The second-order valence-electron chi connectivity index (χ2n) is 5.06. The third-order valence-electron chi connectivity index (χ3n) is 3.37. The van der Waals surface area contributed by atoms with E-state index < -0.39 is 0 Å². The van der Waals surface area contributed by atoms with Gasteiger partial charge in [0.15, 0.2) is 0 Å². The van der Waals surface area contributed by atoms with Crippen molar-refractivity contribution in [1.82, 2.24) is 15.2 Å². The summed E-state index contributed by atoms with van der Waals surface area (Å²) in [6.45, 7) is 3.17. The van der Waals surface area contributed by atoms with Gasteiger partial charge in [0.2, 0.25) is 0 Å². The van der Waals surface area contributed by atoms with E-state index in [4.69, 9.17) is 5.73 Å². The summed E-state index contributed by atoms with van der Waals surface area (Å²) in [5.74, 6) is 6.04. The molecule has 1 fully saturated rings. The number of carbonyl (C=O) groups is 1. The average molecular weight is 272 g/mol. The Kier molecular flexibility index (Phi) is 5.10. The molecule has 1 aromatic heterocycles. The standard InChI is InChI=1S/C15H20N4O/c1-19-8-6-13(11-19)10-18-15(20)14-5-4-12(9-17-14)3-2-7-16/h4-5,9,13H,6-8,10-11,16H2,1H3,(H,18,20). The molecule has 1 unspecified atom stereocenters. The van der Waals surface area contributed by atoms with Gasteiger partial charge in [0, 0.05) is 24.8 Å². The summed E-state index contributed by atoms with van der Waals surface area (Å²) in [4.78, 5) is 18.4. The molecule has 1 aromatic rings. The van der Waals surface area contributed by atoms with E-state index in [-0.39, 0.29) is 5.91 Å². The van der Waals surface area contributed by atoms with E-state index in [0.717, 1.165) is 25.1 Å². The third kappa shape index (κ3) is 4.05. The largest absolute Gasteiger partial charge is 0.350 e. The lowest BCUT2D eigenvalue weighted by atomic mass is 10.1. The summed E-state index contributed by atoms with van der Waals surface area (Å²) in [5, 5.41) is 2.94. The monoisotopic (exact) mass is 272 g/mol. The van der Waals surface area contributed by atoms with E-state index >= 15 is 0 Å². The molecule has 1 saturated heterocycles. The molecule has 0 aromatic carbocycles. The molecule has 2 rings (SSSR count). The minimum absolute atomic E-state index is 0.127. The van der Waals surface area contributed by atoms with Crippen LogP contribution in [0.3, 0.4) is 0 Å². The molecule has 0 radical (unpaired) electrons. The Balaban J connectivity index is 1.86. The fourth-order valence-corrected chi connectivity index (χ4v) is 2.28. The molecule has 0 aliphatic carbocycles. The molecule has 0 saturated carbocycles. The highest BCUT2D eigenvalue weighted by Gasteiger charge is 2.20. The van der Waals surface area contributed by atoms with E-state index in [1.54, 1.807) is 18.3 Å². The summed E-state index contributed by atoms with van der Waals surface area (Å²) < 4.78 is 0. The summed E-state index contributed by atoms with van der Waals surface area (Å²) >= 11 is 0. The number of nitrogens with two attached hydrogens (primary N) is 1. The molecular formula is C15H20N4O. The molecule has 1 aliphatic rings. The highest BCUT2D eigenvalue weighted by Crippen LogP contribution is 2.12. The maximum absolute atomic E-state index is 12.0. The Hall–Kier alpha value is -1.90. The van der Waals surface area contributed by atoms with Gasteiger partial charge in [0.05, 0.1) is 6.54 Å². The van der Waals surface area contributed by atoms with Crippen molar-refractivity contribution in [3.8, 4) is 11.8 Å². The Morgan fingerprint density at radius 3 is 3.05 bits per heavy atom. The number of aromatic nitrogens is 1. The number of likely N-dealkylation sites (tertiary alicyclic amines) is 1. The van der Waals surface area contributed by atoms with Crippen LogP contribution in [0.5, 0.6) is 0 Å². The Morgan fingerprint density at radius 1 is 1.60 bits per heavy atom. The molecule has 2 heterocycles. The van der Waals surface area contributed by atoms with E-state index in [0.29, 0.717) is 24.7 Å². The van der Waals surface area contributed by atoms with Crippen molar-refractivity contribution in [3.05, 3.63) is 29.6 Å². The number of nitrogens with one attached hydrogen (secondary N) is 1. The van der Waals surface area contributed by atoms with Gasteiger partial charge in [-0.15, -0.1) is 0 Å². The van der Waals surface area contributed by atoms with Crippen molar-refractivity contribution < 1.29 is 4.79 Å². The fourth-order valence-electron chi connectivity index (χ4n) is 2.28. The minimum atomic E-state index is -0.127. The van der Waals surface area contributed by atoms with Gasteiger partial charge in [0.25, 0.3) is 5.91 Å². The third-order valence-corrected chi connectivity index (χ3v) is 3.37. The highest BCUT2D eigenvalue weighted by molar-refractivity contribution is 5.92. The SMILES string of the molecule is CN1CCC(CNC(=O)c2ccc(C#CCN)cn2)C1. The number of nitrogens with zero attached hydrogens (tertiary/aromatic N) is 2. The van der Waals surface area contributed by atoms with E-state index in [1.165, 1.54) is 0 Å². The lowest BCUT2D eigenvalue weighted by Gasteiger charge is -2.11. The van der Waals surface area contributed by atoms with Crippen LogP contribution in [0.1, 0.15) is 22.5 Å². The van der Waals surface area contributed by atoms with Crippen molar-refractivity contribution in [3.63, 3.8) is 0 Å². The molecule has 1 amide bonds. The highest BCUT2D eigenvalue weighted by atomic mass is 16.1. The van der Waals surface area contributed by atoms with Crippen molar-refractivity contribution >= 4 is 5.91 Å². The first kappa shape index (κ1) is 14.5.